The molecule has 0 aromatic heterocycles. The van der Waals surface area contributed by atoms with Crippen LogP contribution < -0.4 is 5.32 Å². The molecule has 0 heterocycles. The Balaban J connectivity index is 2.21. The molecule has 0 spiro atoms. The summed E-state index contributed by atoms with van der Waals surface area (Å²) in [5.41, 5.74) is 1.22. The van der Waals surface area contributed by atoms with E-state index < -0.39 is 6.10 Å². The van der Waals surface area contributed by atoms with Gasteiger partial charge >= 0.3 is 0 Å². The van der Waals surface area contributed by atoms with E-state index in [0.29, 0.717) is 36.0 Å². The summed E-state index contributed by atoms with van der Waals surface area (Å²) in [5, 5.41) is 22.1. The Bertz CT molecular complexity index is 460. The van der Waals surface area contributed by atoms with Gasteiger partial charge in [-0.1, -0.05) is 37.8 Å². The SMILES string of the molecule is CCCCCCOCC(O)CNc1ccc(C#N)cc1Cl. The molecule has 0 radical (unpaired) electrons. The number of aliphatic hydroxyl groups is 1. The molecule has 2 N–H and O–H groups in total. The van der Waals surface area contributed by atoms with Crippen LogP contribution in [0.1, 0.15) is 38.2 Å². The molecule has 1 unspecified atom stereocenters. The second kappa shape index (κ2) is 10.4. The molecule has 1 rings (SSSR count). The molecule has 1 aromatic carbocycles. The van der Waals surface area contributed by atoms with E-state index in [1.807, 2.05) is 6.07 Å². The number of unbranched alkanes of at least 4 members (excludes halogenated alkanes) is 3. The predicted octanol–water partition coefficient (Wildman–Crippen LogP) is 3.58. The number of nitrogens with one attached hydrogen (secondary N) is 1. The topological polar surface area (TPSA) is 65.3 Å². The van der Waals surface area contributed by atoms with E-state index in [2.05, 4.69) is 12.2 Å². The summed E-state index contributed by atoms with van der Waals surface area (Å²) in [4.78, 5) is 0. The number of benzene rings is 1. The highest BCUT2D eigenvalue weighted by atomic mass is 35.5. The average molecular weight is 311 g/mol. The number of hydrogen-bond acceptors (Lipinski definition) is 4. The second-order valence-corrected chi connectivity index (χ2v) is 5.38. The number of ether oxygens (including phenoxy) is 1. The Labute approximate surface area is 131 Å². The molecule has 0 bridgehead atoms. The first-order chi connectivity index (χ1) is 10.2. The number of nitriles is 1. The van der Waals surface area contributed by atoms with Gasteiger partial charge in [0.15, 0.2) is 0 Å². The number of rotatable bonds is 10. The van der Waals surface area contributed by atoms with Crippen LogP contribution in [0.25, 0.3) is 0 Å². The molecule has 0 aliphatic heterocycles. The standard InChI is InChI=1S/C16H23ClN2O2/c1-2-3-4-5-8-21-12-14(20)11-19-16-7-6-13(10-18)9-15(16)17/h6-7,9,14,19-20H,2-5,8,11-12H2,1H3. The van der Waals surface area contributed by atoms with E-state index >= 15 is 0 Å². The highest BCUT2D eigenvalue weighted by Gasteiger charge is 2.06. The molecule has 0 saturated heterocycles. The van der Waals surface area contributed by atoms with Gasteiger partial charge in [-0.15, -0.1) is 0 Å². The molecule has 0 saturated carbocycles. The summed E-state index contributed by atoms with van der Waals surface area (Å²) >= 11 is 6.04. The minimum absolute atomic E-state index is 0.313. The molecular weight excluding hydrogens is 288 g/mol. The number of anilines is 1. The van der Waals surface area contributed by atoms with Crippen molar-refractivity contribution in [3.8, 4) is 6.07 Å². The molecule has 0 aliphatic carbocycles. The van der Waals surface area contributed by atoms with Crippen molar-refractivity contribution in [2.45, 2.75) is 38.7 Å². The summed E-state index contributed by atoms with van der Waals surface area (Å²) in [5.74, 6) is 0. The maximum absolute atomic E-state index is 9.82. The van der Waals surface area contributed by atoms with Gasteiger partial charge in [-0.05, 0) is 24.6 Å². The molecule has 1 aromatic rings. The third kappa shape index (κ3) is 7.33. The van der Waals surface area contributed by atoms with Gasteiger partial charge in [0.05, 0.1) is 35.1 Å². The third-order valence-corrected chi connectivity index (χ3v) is 3.39. The molecule has 21 heavy (non-hydrogen) atoms. The Morgan fingerprint density at radius 2 is 2.19 bits per heavy atom. The van der Waals surface area contributed by atoms with Gasteiger partial charge in [0.1, 0.15) is 0 Å². The Morgan fingerprint density at radius 1 is 1.38 bits per heavy atom. The van der Waals surface area contributed by atoms with Crippen molar-refractivity contribution in [2.75, 3.05) is 25.1 Å². The van der Waals surface area contributed by atoms with Crippen LogP contribution in [-0.4, -0.2) is 31.0 Å². The summed E-state index contributed by atoms with van der Waals surface area (Å²) in [6, 6.07) is 7.05. The van der Waals surface area contributed by atoms with Gasteiger partial charge in [-0.3, -0.25) is 0 Å². The van der Waals surface area contributed by atoms with E-state index in [-0.39, 0.29) is 0 Å². The molecule has 0 aliphatic rings. The summed E-state index contributed by atoms with van der Waals surface area (Å²) in [6.07, 6.45) is 4.06. The average Bonchev–Trinajstić information content (AvgIpc) is 2.49. The molecular formula is C16H23ClN2O2. The van der Waals surface area contributed by atoms with Crippen molar-refractivity contribution < 1.29 is 9.84 Å². The van der Waals surface area contributed by atoms with Crippen LogP contribution in [0, 0.1) is 11.3 Å². The number of nitrogens with zero attached hydrogens (tertiary/aromatic N) is 1. The van der Waals surface area contributed by atoms with Gasteiger partial charge in [-0.25, -0.2) is 0 Å². The summed E-state index contributed by atoms with van der Waals surface area (Å²) in [6.45, 7) is 3.53. The molecule has 0 fully saturated rings. The molecule has 1 atom stereocenters. The summed E-state index contributed by atoms with van der Waals surface area (Å²) < 4.78 is 5.43. The van der Waals surface area contributed by atoms with Crippen molar-refractivity contribution in [1.82, 2.24) is 0 Å². The summed E-state index contributed by atoms with van der Waals surface area (Å²) in [7, 11) is 0. The fraction of sp³-hybridized carbons (Fsp3) is 0.562. The number of hydrogen-bond donors (Lipinski definition) is 2. The lowest BCUT2D eigenvalue weighted by molar-refractivity contribution is 0.0417. The first kappa shape index (κ1) is 17.8. The third-order valence-electron chi connectivity index (χ3n) is 3.08. The zero-order valence-corrected chi connectivity index (χ0v) is 13.2. The normalized spacial score (nSPS) is 11.9. The van der Waals surface area contributed by atoms with Crippen LogP contribution in [0.5, 0.6) is 0 Å². The lowest BCUT2D eigenvalue weighted by atomic mass is 10.2. The van der Waals surface area contributed by atoms with Crippen molar-refractivity contribution in [1.29, 1.82) is 5.26 Å². The van der Waals surface area contributed by atoms with Gasteiger partial charge in [0.2, 0.25) is 0 Å². The number of aliphatic hydroxyl groups excluding tert-OH is 1. The zero-order valence-electron chi connectivity index (χ0n) is 12.4. The van der Waals surface area contributed by atoms with Crippen LogP contribution in [0.15, 0.2) is 18.2 Å². The van der Waals surface area contributed by atoms with E-state index in [1.54, 1.807) is 18.2 Å². The Kier molecular flexibility index (Phi) is 8.84. The minimum Gasteiger partial charge on any atom is -0.389 e. The maximum atomic E-state index is 9.82. The number of halogens is 1. The zero-order chi connectivity index (χ0) is 15.5. The van der Waals surface area contributed by atoms with Gasteiger partial charge in [0, 0.05) is 13.2 Å². The predicted molar refractivity (Wildman–Crippen MR) is 85.6 cm³/mol. The van der Waals surface area contributed by atoms with E-state index in [9.17, 15) is 5.11 Å². The van der Waals surface area contributed by atoms with Crippen LogP contribution >= 0.6 is 11.6 Å². The smallest absolute Gasteiger partial charge is 0.0992 e. The minimum atomic E-state index is -0.581. The van der Waals surface area contributed by atoms with E-state index in [0.717, 1.165) is 6.42 Å². The van der Waals surface area contributed by atoms with Gasteiger partial charge < -0.3 is 15.2 Å². The van der Waals surface area contributed by atoms with Gasteiger partial charge in [0.25, 0.3) is 0 Å². The first-order valence-corrected chi connectivity index (χ1v) is 7.74. The molecule has 5 heteroatoms. The maximum Gasteiger partial charge on any atom is 0.0992 e. The Morgan fingerprint density at radius 3 is 2.86 bits per heavy atom. The quantitative estimate of drug-likeness (QED) is 0.648. The van der Waals surface area contributed by atoms with Crippen LogP contribution in [-0.2, 0) is 4.74 Å². The van der Waals surface area contributed by atoms with E-state index in [1.165, 1.54) is 19.3 Å². The fourth-order valence-corrected chi connectivity index (χ4v) is 2.11. The van der Waals surface area contributed by atoms with Crippen molar-refractivity contribution in [2.24, 2.45) is 0 Å². The van der Waals surface area contributed by atoms with Crippen LogP contribution in [0.4, 0.5) is 5.69 Å². The van der Waals surface area contributed by atoms with Gasteiger partial charge in [-0.2, -0.15) is 5.26 Å². The van der Waals surface area contributed by atoms with E-state index in [4.69, 9.17) is 21.6 Å². The molecule has 0 amide bonds. The lowest BCUT2D eigenvalue weighted by Crippen LogP contribution is -2.25. The first-order valence-electron chi connectivity index (χ1n) is 7.36. The van der Waals surface area contributed by atoms with Crippen LogP contribution in [0.3, 0.4) is 0 Å². The van der Waals surface area contributed by atoms with Crippen LogP contribution in [0.2, 0.25) is 5.02 Å². The highest BCUT2D eigenvalue weighted by Crippen LogP contribution is 2.22. The monoisotopic (exact) mass is 310 g/mol. The van der Waals surface area contributed by atoms with Crippen molar-refractivity contribution in [3.63, 3.8) is 0 Å². The second-order valence-electron chi connectivity index (χ2n) is 4.98. The molecule has 116 valence electrons. The Hall–Kier alpha value is -1.28. The highest BCUT2D eigenvalue weighted by molar-refractivity contribution is 6.33. The molecule has 4 nitrogen and oxygen atoms in total. The fourth-order valence-electron chi connectivity index (χ4n) is 1.86. The van der Waals surface area contributed by atoms with Crippen molar-refractivity contribution in [3.05, 3.63) is 28.8 Å². The lowest BCUT2D eigenvalue weighted by Gasteiger charge is -2.14. The van der Waals surface area contributed by atoms with Crippen molar-refractivity contribution >= 4 is 17.3 Å². The largest absolute Gasteiger partial charge is 0.389 e.